The summed E-state index contributed by atoms with van der Waals surface area (Å²) >= 11 is 0. The lowest BCUT2D eigenvalue weighted by Gasteiger charge is -2.26. The molecule has 0 radical (unpaired) electrons. The van der Waals surface area contributed by atoms with Gasteiger partial charge in [-0.1, -0.05) is 13.8 Å². The SMILES string of the molecule is CC(C)CN(C)c1nc(C#N)nc2c1CNCC2. The molecule has 0 aliphatic carbocycles. The second-order valence-electron chi connectivity index (χ2n) is 5.11. The van der Waals surface area contributed by atoms with Gasteiger partial charge in [-0.05, 0) is 5.92 Å². The molecule has 18 heavy (non-hydrogen) atoms. The molecule has 0 amide bonds. The van der Waals surface area contributed by atoms with E-state index in [1.807, 2.05) is 7.05 Å². The average molecular weight is 245 g/mol. The van der Waals surface area contributed by atoms with E-state index in [0.29, 0.717) is 5.92 Å². The highest BCUT2D eigenvalue weighted by Gasteiger charge is 2.20. The van der Waals surface area contributed by atoms with Gasteiger partial charge in [-0.3, -0.25) is 0 Å². The molecule has 1 aromatic heterocycles. The van der Waals surface area contributed by atoms with Gasteiger partial charge < -0.3 is 10.2 Å². The molecule has 1 N–H and O–H groups in total. The molecule has 0 fully saturated rings. The maximum Gasteiger partial charge on any atom is 0.234 e. The molecule has 2 rings (SSSR count). The van der Waals surface area contributed by atoms with Crippen LogP contribution in [0.15, 0.2) is 0 Å². The highest BCUT2D eigenvalue weighted by molar-refractivity contribution is 5.50. The van der Waals surface area contributed by atoms with Crippen molar-refractivity contribution in [2.45, 2.75) is 26.8 Å². The molecular formula is C13H19N5. The average Bonchev–Trinajstić information content (AvgIpc) is 2.36. The maximum atomic E-state index is 9.02. The van der Waals surface area contributed by atoms with E-state index >= 15 is 0 Å². The Morgan fingerprint density at radius 3 is 2.89 bits per heavy atom. The quantitative estimate of drug-likeness (QED) is 0.863. The minimum absolute atomic E-state index is 0.279. The number of nitriles is 1. The van der Waals surface area contributed by atoms with Crippen LogP contribution in [0.1, 0.15) is 30.9 Å². The van der Waals surface area contributed by atoms with Gasteiger partial charge in [-0.25, -0.2) is 9.97 Å². The Labute approximate surface area is 108 Å². The molecule has 5 heteroatoms. The molecule has 0 saturated carbocycles. The van der Waals surface area contributed by atoms with Crippen molar-refractivity contribution in [3.05, 3.63) is 17.1 Å². The van der Waals surface area contributed by atoms with Crippen LogP contribution in [0, 0.1) is 17.2 Å². The van der Waals surface area contributed by atoms with Gasteiger partial charge in [0.05, 0.1) is 5.69 Å². The number of hydrogen-bond acceptors (Lipinski definition) is 5. The van der Waals surface area contributed by atoms with Crippen LogP contribution in [-0.4, -0.2) is 30.1 Å². The summed E-state index contributed by atoms with van der Waals surface area (Å²) in [6.45, 7) is 6.98. The van der Waals surface area contributed by atoms with E-state index in [2.05, 4.69) is 40.1 Å². The summed E-state index contributed by atoms with van der Waals surface area (Å²) in [5.41, 5.74) is 2.16. The van der Waals surface area contributed by atoms with Gasteiger partial charge >= 0.3 is 0 Å². The Kier molecular flexibility index (Phi) is 3.78. The van der Waals surface area contributed by atoms with Crippen molar-refractivity contribution in [2.75, 3.05) is 25.0 Å². The first-order valence-electron chi connectivity index (χ1n) is 6.33. The summed E-state index contributed by atoms with van der Waals surface area (Å²) in [6.07, 6.45) is 0.870. The third-order valence-corrected chi connectivity index (χ3v) is 3.01. The van der Waals surface area contributed by atoms with Crippen molar-refractivity contribution in [3.63, 3.8) is 0 Å². The molecule has 96 valence electrons. The number of nitrogens with one attached hydrogen (secondary N) is 1. The monoisotopic (exact) mass is 245 g/mol. The number of fused-ring (bicyclic) bond motifs is 1. The first-order valence-corrected chi connectivity index (χ1v) is 6.33. The van der Waals surface area contributed by atoms with Crippen LogP contribution in [0.3, 0.4) is 0 Å². The molecule has 0 bridgehead atoms. The van der Waals surface area contributed by atoms with Crippen LogP contribution in [0.5, 0.6) is 0 Å². The fourth-order valence-electron chi connectivity index (χ4n) is 2.33. The molecule has 2 heterocycles. The van der Waals surface area contributed by atoms with E-state index in [1.165, 1.54) is 0 Å². The minimum Gasteiger partial charge on any atom is -0.359 e. The summed E-state index contributed by atoms with van der Waals surface area (Å²) in [5, 5.41) is 12.4. The Hall–Kier alpha value is -1.67. The zero-order chi connectivity index (χ0) is 13.1. The lowest BCUT2D eigenvalue weighted by molar-refractivity contribution is 0.604. The standard InChI is InChI=1S/C13H19N5/c1-9(2)8-18(3)13-10-7-15-5-4-11(10)16-12(6-14)17-13/h9,15H,4-5,7-8H2,1-3H3. The van der Waals surface area contributed by atoms with E-state index in [4.69, 9.17) is 5.26 Å². The van der Waals surface area contributed by atoms with E-state index in [9.17, 15) is 0 Å². The molecule has 0 aromatic carbocycles. The van der Waals surface area contributed by atoms with Crippen LogP contribution in [-0.2, 0) is 13.0 Å². The van der Waals surface area contributed by atoms with Crippen molar-refractivity contribution in [2.24, 2.45) is 5.92 Å². The van der Waals surface area contributed by atoms with Gasteiger partial charge in [0, 0.05) is 38.7 Å². The summed E-state index contributed by atoms with van der Waals surface area (Å²) in [5.74, 6) is 1.74. The number of aromatic nitrogens is 2. The Morgan fingerprint density at radius 2 is 2.22 bits per heavy atom. The van der Waals surface area contributed by atoms with Crippen molar-refractivity contribution < 1.29 is 0 Å². The molecule has 0 atom stereocenters. The molecule has 0 unspecified atom stereocenters. The highest BCUT2D eigenvalue weighted by atomic mass is 15.2. The predicted octanol–water partition coefficient (Wildman–Crippen LogP) is 1.09. The van der Waals surface area contributed by atoms with E-state index < -0.39 is 0 Å². The van der Waals surface area contributed by atoms with E-state index in [0.717, 1.165) is 43.1 Å². The largest absolute Gasteiger partial charge is 0.359 e. The third-order valence-electron chi connectivity index (χ3n) is 3.01. The molecule has 0 saturated heterocycles. The zero-order valence-corrected chi connectivity index (χ0v) is 11.2. The van der Waals surface area contributed by atoms with Crippen LogP contribution < -0.4 is 10.2 Å². The lowest BCUT2D eigenvalue weighted by atomic mass is 10.1. The van der Waals surface area contributed by atoms with Gasteiger partial charge in [0.15, 0.2) is 0 Å². The van der Waals surface area contributed by atoms with Crippen LogP contribution in [0.4, 0.5) is 5.82 Å². The summed E-state index contributed by atoms with van der Waals surface area (Å²) in [7, 11) is 2.03. The van der Waals surface area contributed by atoms with E-state index in [1.54, 1.807) is 0 Å². The predicted molar refractivity (Wildman–Crippen MR) is 70.3 cm³/mol. The Morgan fingerprint density at radius 1 is 1.44 bits per heavy atom. The summed E-state index contributed by atoms with van der Waals surface area (Å²) in [6, 6.07) is 2.06. The number of anilines is 1. The highest BCUT2D eigenvalue weighted by Crippen LogP contribution is 2.23. The van der Waals surface area contributed by atoms with Gasteiger partial charge in [-0.15, -0.1) is 0 Å². The smallest absolute Gasteiger partial charge is 0.234 e. The molecular weight excluding hydrogens is 226 g/mol. The molecule has 1 aliphatic heterocycles. The van der Waals surface area contributed by atoms with Gasteiger partial charge in [-0.2, -0.15) is 5.26 Å². The fraction of sp³-hybridized carbons (Fsp3) is 0.615. The molecule has 1 aliphatic rings. The second-order valence-corrected chi connectivity index (χ2v) is 5.11. The molecule has 0 spiro atoms. The van der Waals surface area contributed by atoms with Gasteiger partial charge in [0.1, 0.15) is 11.9 Å². The van der Waals surface area contributed by atoms with Crippen molar-refractivity contribution in [1.82, 2.24) is 15.3 Å². The molecule has 5 nitrogen and oxygen atoms in total. The summed E-state index contributed by atoms with van der Waals surface area (Å²) < 4.78 is 0. The van der Waals surface area contributed by atoms with Crippen molar-refractivity contribution >= 4 is 5.82 Å². The topological polar surface area (TPSA) is 64.8 Å². The normalized spacial score (nSPS) is 14.2. The van der Waals surface area contributed by atoms with Gasteiger partial charge in [0.2, 0.25) is 5.82 Å². The van der Waals surface area contributed by atoms with Gasteiger partial charge in [0.25, 0.3) is 0 Å². The Balaban J connectivity index is 2.41. The Bertz CT molecular complexity index is 475. The van der Waals surface area contributed by atoms with E-state index in [-0.39, 0.29) is 5.82 Å². The second kappa shape index (κ2) is 5.32. The maximum absolute atomic E-state index is 9.02. The minimum atomic E-state index is 0.279. The fourth-order valence-corrected chi connectivity index (χ4v) is 2.33. The zero-order valence-electron chi connectivity index (χ0n) is 11.2. The number of nitrogens with zero attached hydrogens (tertiary/aromatic N) is 4. The van der Waals surface area contributed by atoms with Crippen LogP contribution in [0.2, 0.25) is 0 Å². The third kappa shape index (κ3) is 2.59. The van der Waals surface area contributed by atoms with Crippen molar-refractivity contribution in [1.29, 1.82) is 5.26 Å². The first-order chi connectivity index (χ1) is 8.61. The first kappa shape index (κ1) is 12.8. The lowest BCUT2D eigenvalue weighted by Crippen LogP contribution is -2.31. The number of rotatable bonds is 3. The van der Waals surface area contributed by atoms with Crippen LogP contribution >= 0.6 is 0 Å². The summed E-state index contributed by atoms with van der Waals surface area (Å²) in [4.78, 5) is 10.8. The van der Waals surface area contributed by atoms with Crippen molar-refractivity contribution in [3.8, 4) is 6.07 Å². The number of hydrogen-bond donors (Lipinski definition) is 1. The van der Waals surface area contributed by atoms with Crippen LogP contribution in [0.25, 0.3) is 0 Å². The molecule has 1 aromatic rings.